The number of imidazole rings is 1. The first kappa shape index (κ1) is 22.5. The van der Waals surface area contributed by atoms with Gasteiger partial charge in [0.1, 0.15) is 0 Å². The van der Waals surface area contributed by atoms with Gasteiger partial charge in [-0.3, -0.25) is 9.78 Å². The second-order valence-corrected chi connectivity index (χ2v) is 9.61. The van der Waals surface area contributed by atoms with Crippen molar-refractivity contribution in [1.29, 1.82) is 0 Å². The Kier molecular flexibility index (Phi) is 5.57. The molecule has 0 bridgehead atoms. The molecule has 1 atom stereocenters. The van der Waals surface area contributed by atoms with Crippen molar-refractivity contribution >= 4 is 27.8 Å². The molecule has 182 valence electrons. The number of carbonyl (C=O) groups is 1. The average Bonchev–Trinajstić information content (AvgIpc) is 3.45. The Balaban J connectivity index is 1.57. The van der Waals surface area contributed by atoms with Crippen molar-refractivity contribution in [2.45, 2.75) is 32.4 Å². The van der Waals surface area contributed by atoms with E-state index in [1.165, 1.54) is 10.9 Å². The first-order valence-corrected chi connectivity index (χ1v) is 12.6. The lowest BCUT2D eigenvalue weighted by molar-refractivity contribution is 0.0709. The smallest absolute Gasteiger partial charge is 0.254 e. The summed E-state index contributed by atoms with van der Waals surface area (Å²) in [7, 11) is 2.05. The van der Waals surface area contributed by atoms with Crippen molar-refractivity contribution in [3.8, 4) is 22.6 Å². The van der Waals surface area contributed by atoms with E-state index in [1.54, 1.807) is 6.20 Å². The lowest BCUT2D eigenvalue weighted by Gasteiger charge is -2.31. The molecule has 36 heavy (non-hydrogen) atoms. The van der Waals surface area contributed by atoms with Gasteiger partial charge in [0.15, 0.2) is 5.82 Å². The van der Waals surface area contributed by atoms with Crippen LogP contribution in [-0.4, -0.2) is 49.0 Å². The van der Waals surface area contributed by atoms with E-state index in [-0.39, 0.29) is 11.9 Å². The van der Waals surface area contributed by atoms with E-state index in [2.05, 4.69) is 51.4 Å². The van der Waals surface area contributed by atoms with Gasteiger partial charge in [0.25, 0.3) is 5.91 Å². The predicted molar refractivity (Wildman–Crippen MR) is 144 cm³/mol. The van der Waals surface area contributed by atoms with E-state index >= 15 is 0 Å². The fourth-order valence-electron chi connectivity index (χ4n) is 5.56. The SMILES string of the molecule is CCn1c(-c2nc3cc(C(=O)N4CCC[C@@H](N)C4)cc(-c4cccnc4)c3n2C)cc2ccccc21. The van der Waals surface area contributed by atoms with E-state index in [0.29, 0.717) is 12.1 Å². The number of hydrogen-bond donors (Lipinski definition) is 1. The van der Waals surface area contributed by atoms with E-state index in [4.69, 9.17) is 10.7 Å². The number of piperidine rings is 1. The fourth-order valence-corrected chi connectivity index (χ4v) is 5.56. The van der Waals surface area contributed by atoms with Gasteiger partial charge in [-0.25, -0.2) is 4.98 Å². The van der Waals surface area contributed by atoms with Gasteiger partial charge in [-0.2, -0.15) is 0 Å². The normalized spacial score (nSPS) is 16.2. The zero-order valence-corrected chi connectivity index (χ0v) is 20.7. The lowest BCUT2D eigenvalue weighted by Crippen LogP contribution is -2.45. The molecule has 7 heteroatoms. The topological polar surface area (TPSA) is 82.0 Å². The third kappa shape index (κ3) is 3.67. The minimum atomic E-state index is 0.00654. The zero-order chi connectivity index (χ0) is 24.8. The van der Waals surface area contributed by atoms with Gasteiger partial charge in [-0.15, -0.1) is 0 Å². The number of pyridine rings is 1. The second-order valence-electron chi connectivity index (χ2n) is 9.61. The molecule has 0 aliphatic carbocycles. The highest BCUT2D eigenvalue weighted by Gasteiger charge is 2.25. The molecule has 0 unspecified atom stereocenters. The summed E-state index contributed by atoms with van der Waals surface area (Å²) in [4.78, 5) is 24.9. The molecule has 4 heterocycles. The van der Waals surface area contributed by atoms with Crippen molar-refractivity contribution in [1.82, 2.24) is 24.0 Å². The van der Waals surface area contributed by atoms with Gasteiger partial charge >= 0.3 is 0 Å². The van der Waals surface area contributed by atoms with Crippen LogP contribution in [0.3, 0.4) is 0 Å². The lowest BCUT2D eigenvalue weighted by atomic mass is 10.0. The number of nitrogens with zero attached hydrogens (tertiary/aromatic N) is 5. The number of amides is 1. The van der Waals surface area contributed by atoms with E-state index in [1.807, 2.05) is 42.4 Å². The molecule has 1 amide bonds. The number of carbonyl (C=O) groups excluding carboxylic acids is 1. The number of aromatic nitrogens is 4. The standard InChI is InChI=1S/C29H30N6O/c1-3-35-25-11-5-4-8-19(25)16-26(35)28-32-24-15-21(29(36)34-13-7-10-22(30)18-34)14-23(27(24)33(28)2)20-9-6-12-31-17-20/h4-6,8-9,11-12,14-17,22H,3,7,10,13,18,30H2,1-2H3/t22-/m1/s1. The molecule has 1 fully saturated rings. The quantitative estimate of drug-likeness (QED) is 0.401. The number of hydrogen-bond acceptors (Lipinski definition) is 4. The first-order chi connectivity index (χ1) is 17.5. The maximum Gasteiger partial charge on any atom is 0.254 e. The fraction of sp³-hybridized carbons (Fsp3) is 0.276. The van der Waals surface area contributed by atoms with E-state index in [0.717, 1.165) is 59.6 Å². The number of benzene rings is 2. The summed E-state index contributed by atoms with van der Waals surface area (Å²) in [5.41, 5.74) is 12.7. The molecule has 1 saturated heterocycles. The summed E-state index contributed by atoms with van der Waals surface area (Å²) in [6.07, 6.45) is 5.49. The van der Waals surface area contributed by atoms with Gasteiger partial charge in [0, 0.05) is 72.7 Å². The minimum absolute atomic E-state index is 0.00654. The van der Waals surface area contributed by atoms with Crippen LogP contribution in [0.15, 0.2) is 67.0 Å². The van der Waals surface area contributed by atoms with Crippen LogP contribution in [0.1, 0.15) is 30.1 Å². The predicted octanol–water partition coefficient (Wildman–Crippen LogP) is 4.84. The third-order valence-electron chi connectivity index (χ3n) is 7.29. The minimum Gasteiger partial charge on any atom is -0.338 e. The molecule has 7 nitrogen and oxygen atoms in total. The van der Waals surface area contributed by atoms with Crippen LogP contribution in [0.5, 0.6) is 0 Å². The Hall–Kier alpha value is -3.97. The Bertz CT molecular complexity index is 1580. The summed E-state index contributed by atoms with van der Waals surface area (Å²) < 4.78 is 4.44. The number of aryl methyl sites for hydroxylation is 2. The molecule has 0 saturated carbocycles. The Morgan fingerprint density at radius 3 is 2.78 bits per heavy atom. The first-order valence-electron chi connectivity index (χ1n) is 12.6. The van der Waals surface area contributed by atoms with Crippen molar-refractivity contribution in [2.24, 2.45) is 12.8 Å². The zero-order valence-electron chi connectivity index (χ0n) is 20.7. The van der Waals surface area contributed by atoms with Crippen LogP contribution in [0, 0.1) is 0 Å². The summed E-state index contributed by atoms with van der Waals surface area (Å²) in [6, 6.07) is 18.5. The number of likely N-dealkylation sites (tertiary alicyclic amines) is 1. The van der Waals surface area contributed by atoms with E-state index in [9.17, 15) is 4.79 Å². The van der Waals surface area contributed by atoms with Crippen LogP contribution in [0.4, 0.5) is 0 Å². The van der Waals surface area contributed by atoms with Crippen LogP contribution in [0.2, 0.25) is 0 Å². The second kappa shape index (κ2) is 8.91. The summed E-state index contributed by atoms with van der Waals surface area (Å²) >= 11 is 0. The van der Waals surface area contributed by atoms with Crippen molar-refractivity contribution in [3.63, 3.8) is 0 Å². The van der Waals surface area contributed by atoms with Crippen LogP contribution in [-0.2, 0) is 13.6 Å². The maximum atomic E-state index is 13.6. The van der Waals surface area contributed by atoms with Crippen molar-refractivity contribution in [2.75, 3.05) is 13.1 Å². The Labute approximate surface area is 210 Å². The van der Waals surface area contributed by atoms with Gasteiger partial charge in [-0.05, 0) is 50.1 Å². The maximum absolute atomic E-state index is 13.6. The highest BCUT2D eigenvalue weighted by molar-refractivity contribution is 6.03. The van der Waals surface area contributed by atoms with Gasteiger partial charge in [-0.1, -0.05) is 24.3 Å². The highest BCUT2D eigenvalue weighted by atomic mass is 16.2. The molecule has 2 N–H and O–H groups in total. The third-order valence-corrected chi connectivity index (χ3v) is 7.29. The molecule has 3 aromatic heterocycles. The molecule has 0 radical (unpaired) electrons. The molecular formula is C29H30N6O. The Morgan fingerprint density at radius 1 is 1.14 bits per heavy atom. The van der Waals surface area contributed by atoms with Crippen molar-refractivity contribution in [3.05, 3.63) is 72.6 Å². The molecule has 1 aliphatic heterocycles. The van der Waals surface area contributed by atoms with Crippen LogP contribution in [0.25, 0.3) is 44.6 Å². The van der Waals surface area contributed by atoms with Gasteiger partial charge in [0.2, 0.25) is 0 Å². The average molecular weight is 479 g/mol. The van der Waals surface area contributed by atoms with Crippen molar-refractivity contribution < 1.29 is 4.79 Å². The molecule has 2 aromatic carbocycles. The summed E-state index contributed by atoms with van der Waals surface area (Å²) in [5, 5.41) is 1.19. The molecular weight excluding hydrogens is 448 g/mol. The summed E-state index contributed by atoms with van der Waals surface area (Å²) in [5.74, 6) is 0.879. The number of nitrogens with two attached hydrogens (primary N) is 1. The number of rotatable bonds is 4. The summed E-state index contributed by atoms with van der Waals surface area (Å²) in [6.45, 7) is 4.31. The molecule has 1 aliphatic rings. The molecule has 0 spiro atoms. The largest absolute Gasteiger partial charge is 0.338 e. The number of fused-ring (bicyclic) bond motifs is 2. The van der Waals surface area contributed by atoms with Gasteiger partial charge in [0.05, 0.1) is 16.7 Å². The number of para-hydroxylation sites is 1. The Morgan fingerprint density at radius 2 is 2.00 bits per heavy atom. The van der Waals surface area contributed by atoms with Crippen LogP contribution >= 0.6 is 0 Å². The van der Waals surface area contributed by atoms with Crippen LogP contribution < -0.4 is 5.73 Å². The molecule has 6 rings (SSSR count). The molecule has 5 aromatic rings. The van der Waals surface area contributed by atoms with Gasteiger partial charge < -0.3 is 19.8 Å². The monoisotopic (exact) mass is 478 g/mol. The highest BCUT2D eigenvalue weighted by Crippen LogP contribution is 2.35. The van der Waals surface area contributed by atoms with E-state index < -0.39 is 0 Å².